The van der Waals surface area contributed by atoms with Gasteiger partial charge in [0.25, 0.3) is 0 Å². The van der Waals surface area contributed by atoms with E-state index in [9.17, 15) is 4.39 Å². The molecule has 0 saturated carbocycles. The van der Waals surface area contributed by atoms with Crippen molar-refractivity contribution in [3.63, 3.8) is 0 Å². The summed E-state index contributed by atoms with van der Waals surface area (Å²) in [6.45, 7) is 1.95. The average molecular weight is 183 g/mol. The first kappa shape index (κ1) is 9.99. The van der Waals surface area contributed by atoms with E-state index in [0.29, 0.717) is 0 Å². The fourth-order valence-corrected chi connectivity index (χ4v) is 1.25. The first-order valence-corrected chi connectivity index (χ1v) is 4.28. The van der Waals surface area contributed by atoms with Crippen LogP contribution in [0.25, 0.3) is 0 Å². The Labute approximate surface area is 77.5 Å². The Balaban J connectivity index is 3.12. The molecule has 13 heavy (non-hydrogen) atoms. The van der Waals surface area contributed by atoms with Crippen molar-refractivity contribution in [2.75, 3.05) is 7.11 Å². The van der Waals surface area contributed by atoms with Crippen molar-refractivity contribution in [3.8, 4) is 5.75 Å². The van der Waals surface area contributed by atoms with Gasteiger partial charge in [-0.1, -0.05) is 19.1 Å². The molecule has 0 bridgehead atoms. The third-order valence-corrected chi connectivity index (χ3v) is 2.04. The van der Waals surface area contributed by atoms with E-state index in [4.69, 9.17) is 10.5 Å². The zero-order chi connectivity index (χ0) is 9.84. The molecular weight excluding hydrogens is 169 g/mol. The largest absolute Gasteiger partial charge is 0.493 e. The van der Waals surface area contributed by atoms with Gasteiger partial charge in [-0.05, 0) is 12.5 Å². The molecule has 1 unspecified atom stereocenters. The van der Waals surface area contributed by atoms with Crippen molar-refractivity contribution in [3.05, 3.63) is 29.6 Å². The Hall–Kier alpha value is -1.09. The van der Waals surface area contributed by atoms with Crippen LogP contribution in [0.1, 0.15) is 24.9 Å². The van der Waals surface area contributed by atoms with Gasteiger partial charge < -0.3 is 10.5 Å². The highest BCUT2D eigenvalue weighted by molar-refractivity contribution is 5.37. The highest BCUT2D eigenvalue weighted by atomic mass is 19.1. The van der Waals surface area contributed by atoms with Crippen molar-refractivity contribution >= 4 is 0 Å². The summed E-state index contributed by atoms with van der Waals surface area (Å²) in [5, 5.41) is 0. The monoisotopic (exact) mass is 183 g/mol. The van der Waals surface area contributed by atoms with E-state index in [2.05, 4.69) is 0 Å². The van der Waals surface area contributed by atoms with E-state index >= 15 is 0 Å². The molecule has 0 aromatic heterocycles. The number of ether oxygens (including phenoxy) is 1. The molecule has 1 aromatic rings. The van der Waals surface area contributed by atoms with Crippen LogP contribution < -0.4 is 10.5 Å². The number of para-hydroxylation sites is 1. The molecule has 1 rings (SSSR count). The van der Waals surface area contributed by atoms with Gasteiger partial charge in [0.1, 0.15) is 0 Å². The summed E-state index contributed by atoms with van der Waals surface area (Å²) >= 11 is 0. The van der Waals surface area contributed by atoms with Crippen LogP contribution in [-0.2, 0) is 0 Å². The predicted octanol–water partition coefficient (Wildman–Crippen LogP) is 2.24. The minimum absolute atomic E-state index is 0.161. The highest BCUT2D eigenvalue weighted by Crippen LogP contribution is 2.27. The van der Waals surface area contributed by atoms with E-state index in [0.717, 1.165) is 12.0 Å². The van der Waals surface area contributed by atoms with Crippen LogP contribution >= 0.6 is 0 Å². The summed E-state index contributed by atoms with van der Waals surface area (Å²) in [4.78, 5) is 0. The zero-order valence-corrected chi connectivity index (χ0v) is 7.88. The predicted molar refractivity (Wildman–Crippen MR) is 50.2 cm³/mol. The fourth-order valence-electron chi connectivity index (χ4n) is 1.25. The van der Waals surface area contributed by atoms with Crippen LogP contribution in [-0.4, -0.2) is 7.11 Å². The highest BCUT2D eigenvalue weighted by Gasteiger charge is 2.13. The quantitative estimate of drug-likeness (QED) is 0.780. The molecule has 0 fully saturated rings. The Morgan fingerprint density at radius 1 is 1.54 bits per heavy atom. The summed E-state index contributed by atoms with van der Waals surface area (Å²) in [5.41, 5.74) is 6.52. The molecule has 72 valence electrons. The molecule has 0 aliphatic rings. The summed E-state index contributed by atoms with van der Waals surface area (Å²) in [5.74, 6) is -0.0965. The fraction of sp³-hybridized carbons (Fsp3) is 0.400. The topological polar surface area (TPSA) is 35.2 Å². The lowest BCUT2D eigenvalue weighted by Gasteiger charge is -2.13. The van der Waals surface area contributed by atoms with Crippen LogP contribution in [0.4, 0.5) is 4.39 Å². The number of methoxy groups -OCH3 is 1. The van der Waals surface area contributed by atoms with Crippen molar-refractivity contribution in [2.45, 2.75) is 19.4 Å². The summed E-state index contributed by atoms with van der Waals surface area (Å²) in [6, 6.07) is 4.63. The van der Waals surface area contributed by atoms with E-state index in [1.165, 1.54) is 13.2 Å². The Kier molecular flexibility index (Phi) is 3.25. The van der Waals surface area contributed by atoms with Crippen LogP contribution in [0.15, 0.2) is 18.2 Å². The molecule has 0 aliphatic carbocycles. The number of hydrogen-bond acceptors (Lipinski definition) is 2. The number of benzene rings is 1. The maximum Gasteiger partial charge on any atom is 0.165 e. The van der Waals surface area contributed by atoms with E-state index in [-0.39, 0.29) is 17.6 Å². The van der Waals surface area contributed by atoms with Crippen molar-refractivity contribution in [1.82, 2.24) is 0 Å². The zero-order valence-electron chi connectivity index (χ0n) is 7.88. The first-order valence-electron chi connectivity index (χ1n) is 4.28. The third kappa shape index (κ3) is 1.98. The number of nitrogens with two attached hydrogens (primary N) is 1. The van der Waals surface area contributed by atoms with Gasteiger partial charge in [0.2, 0.25) is 0 Å². The van der Waals surface area contributed by atoms with Gasteiger partial charge in [0.05, 0.1) is 7.11 Å². The van der Waals surface area contributed by atoms with Gasteiger partial charge >= 0.3 is 0 Å². The van der Waals surface area contributed by atoms with Crippen LogP contribution in [0.5, 0.6) is 5.75 Å². The minimum atomic E-state index is -0.357. The molecule has 3 heteroatoms. The average Bonchev–Trinajstić information content (AvgIpc) is 2.16. The molecule has 0 aliphatic heterocycles. The van der Waals surface area contributed by atoms with Crippen LogP contribution in [0.3, 0.4) is 0 Å². The lowest BCUT2D eigenvalue weighted by molar-refractivity contribution is 0.377. The standard InChI is InChI=1S/C10H14FNO/c1-3-9(12)7-5-4-6-8(11)10(7)13-2/h4-6,9H,3,12H2,1-2H3. The second-order valence-electron chi connectivity index (χ2n) is 2.88. The van der Waals surface area contributed by atoms with Gasteiger partial charge in [-0.2, -0.15) is 0 Å². The van der Waals surface area contributed by atoms with Gasteiger partial charge in [-0.15, -0.1) is 0 Å². The van der Waals surface area contributed by atoms with E-state index in [1.54, 1.807) is 12.1 Å². The van der Waals surface area contributed by atoms with E-state index < -0.39 is 0 Å². The van der Waals surface area contributed by atoms with E-state index in [1.807, 2.05) is 6.92 Å². The second-order valence-corrected chi connectivity index (χ2v) is 2.88. The molecule has 0 spiro atoms. The summed E-state index contributed by atoms with van der Waals surface area (Å²) in [6.07, 6.45) is 0.764. The van der Waals surface area contributed by atoms with Gasteiger partial charge in [-0.3, -0.25) is 0 Å². The molecule has 0 saturated heterocycles. The van der Waals surface area contributed by atoms with Crippen molar-refractivity contribution < 1.29 is 9.13 Å². The lowest BCUT2D eigenvalue weighted by atomic mass is 10.0. The minimum Gasteiger partial charge on any atom is -0.493 e. The molecular formula is C10H14FNO. The SMILES string of the molecule is CCC(N)c1cccc(F)c1OC. The van der Waals surface area contributed by atoms with Crippen LogP contribution in [0.2, 0.25) is 0 Å². The Morgan fingerprint density at radius 3 is 2.77 bits per heavy atom. The number of halogens is 1. The molecule has 1 aromatic carbocycles. The molecule has 1 atom stereocenters. The van der Waals surface area contributed by atoms with Gasteiger partial charge in [-0.25, -0.2) is 4.39 Å². The number of hydrogen-bond donors (Lipinski definition) is 1. The molecule has 0 radical (unpaired) electrons. The molecule has 2 N–H and O–H groups in total. The normalized spacial score (nSPS) is 12.6. The van der Waals surface area contributed by atoms with Gasteiger partial charge in [0, 0.05) is 11.6 Å². The second kappa shape index (κ2) is 4.23. The summed E-state index contributed by atoms with van der Waals surface area (Å²) < 4.78 is 18.1. The Morgan fingerprint density at radius 2 is 2.23 bits per heavy atom. The smallest absolute Gasteiger partial charge is 0.165 e. The number of rotatable bonds is 3. The lowest BCUT2D eigenvalue weighted by Crippen LogP contribution is -2.10. The van der Waals surface area contributed by atoms with Crippen LogP contribution in [0, 0.1) is 5.82 Å². The third-order valence-electron chi connectivity index (χ3n) is 2.04. The Bertz CT molecular complexity index is 288. The molecule has 0 amide bonds. The maximum atomic E-state index is 13.2. The van der Waals surface area contributed by atoms with Crippen molar-refractivity contribution in [1.29, 1.82) is 0 Å². The van der Waals surface area contributed by atoms with Crippen molar-refractivity contribution in [2.24, 2.45) is 5.73 Å². The molecule has 2 nitrogen and oxygen atoms in total. The maximum absolute atomic E-state index is 13.2. The summed E-state index contributed by atoms with van der Waals surface area (Å²) in [7, 11) is 1.45. The van der Waals surface area contributed by atoms with Gasteiger partial charge in [0.15, 0.2) is 11.6 Å². The molecule has 0 heterocycles. The first-order chi connectivity index (χ1) is 6.20.